The number of ether oxygens (including phenoxy) is 1. The number of likely N-dealkylation sites (tertiary alicyclic amines) is 1. The zero-order valence-electron chi connectivity index (χ0n) is 18.4. The van der Waals surface area contributed by atoms with Gasteiger partial charge in [0.15, 0.2) is 0 Å². The summed E-state index contributed by atoms with van der Waals surface area (Å²) in [5.74, 6) is -3.37. The van der Waals surface area contributed by atoms with Crippen LogP contribution in [0.25, 0.3) is 0 Å². The number of nitrogens with two attached hydrogens (primary N) is 1. The summed E-state index contributed by atoms with van der Waals surface area (Å²) in [7, 11) is -0.0691. The van der Waals surface area contributed by atoms with E-state index >= 15 is 0 Å². The molecule has 3 rings (SSSR count). The molecule has 1 aliphatic heterocycles. The van der Waals surface area contributed by atoms with Crippen molar-refractivity contribution in [1.29, 1.82) is 0 Å². The molecule has 1 saturated heterocycles. The van der Waals surface area contributed by atoms with E-state index in [0.717, 1.165) is 0 Å². The molecule has 0 spiro atoms. The van der Waals surface area contributed by atoms with Gasteiger partial charge < -0.3 is 41.4 Å². The van der Waals surface area contributed by atoms with Gasteiger partial charge in [0.2, 0.25) is 11.8 Å². The molecular weight excluding hydrogens is 435 g/mol. The lowest BCUT2D eigenvalue weighted by molar-refractivity contribution is -0.130. The molecule has 1 aromatic carbocycles. The summed E-state index contributed by atoms with van der Waals surface area (Å²) < 4.78 is 5.78. The Kier molecular flexibility index (Phi) is 7.17. The van der Waals surface area contributed by atoms with E-state index in [1.807, 2.05) is 4.90 Å². The minimum Gasteiger partial charge on any atom is -0.507 e. The maximum Gasteiger partial charge on any atom is 0.455 e. The minimum atomic E-state index is -1.53. The van der Waals surface area contributed by atoms with Crippen LogP contribution in [-0.2, 0) is 9.59 Å². The van der Waals surface area contributed by atoms with Gasteiger partial charge in [-0.25, -0.2) is 4.79 Å². The molecule has 2 fully saturated rings. The molecule has 0 bridgehead atoms. The van der Waals surface area contributed by atoms with Crippen LogP contribution in [-0.4, -0.2) is 94.9 Å². The van der Waals surface area contributed by atoms with Crippen molar-refractivity contribution in [3.63, 3.8) is 0 Å². The average Bonchev–Trinajstić information content (AvgIpc) is 3.50. The summed E-state index contributed by atoms with van der Waals surface area (Å²) in [6.07, 6.45) is 0.0717. The van der Waals surface area contributed by atoms with Gasteiger partial charge in [0.25, 0.3) is 0 Å². The van der Waals surface area contributed by atoms with Gasteiger partial charge in [0, 0.05) is 32.5 Å². The smallest absolute Gasteiger partial charge is 0.455 e. The highest BCUT2D eigenvalue weighted by Gasteiger charge is 2.48. The van der Waals surface area contributed by atoms with E-state index in [4.69, 9.17) is 10.5 Å². The lowest BCUT2D eigenvalue weighted by Gasteiger charge is -2.42. The van der Waals surface area contributed by atoms with Crippen molar-refractivity contribution >= 4 is 24.9 Å². The predicted molar refractivity (Wildman–Crippen MR) is 117 cm³/mol. The van der Waals surface area contributed by atoms with Crippen molar-refractivity contribution in [1.82, 2.24) is 15.5 Å². The number of rotatable bonds is 10. The fourth-order valence-corrected chi connectivity index (χ4v) is 3.99. The van der Waals surface area contributed by atoms with Gasteiger partial charge >= 0.3 is 13.1 Å². The number of nitrogens with one attached hydrogen (secondary N) is 2. The number of amides is 2. The van der Waals surface area contributed by atoms with Crippen molar-refractivity contribution in [2.75, 3.05) is 33.2 Å². The standard InChI is InChI=1S/C20H29BN4O8/c1-20(22,19(30)24-6-15(26)23-2)9-25-7-10(8-25)33-14-4-3-11(12-5-13(12)21(31)32)17(27)16(14)18(28)29/h3-4,10,12-13,27,31-32H,5-9,22H2,1-2H3,(H,23,26)(H,24,30)(H,28,29)/t12-,13-,20+/m1/s1. The highest BCUT2D eigenvalue weighted by molar-refractivity contribution is 6.44. The molecule has 1 saturated carbocycles. The zero-order chi connectivity index (χ0) is 24.5. The van der Waals surface area contributed by atoms with Crippen molar-refractivity contribution in [2.45, 2.75) is 36.7 Å². The molecule has 2 aliphatic rings. The number of carbonyl (C=O) groups is 3. The lowest BCUT2D eigenvalue weighted by atomic mass is 9.81. The summed E-state index contributed by atoms with van der Waals surface area (Å²) in [6.45, 7) is 2.35. The molecule has 0 unspecified atom stereocenters. The van der Waals surface area contributed by atoms with Crippen LogP contribution >= 0.6 is 0 Å². The number of carbonyl (C=O) groups excluding carboxylic acids is 2. The Morgan fingerprint density at radius 3 is 2.52 bits per heavy atom. The Labute approximate surface area is 190 Å². The number of hydrogen-bond donors (Lipinski definition) is 7. The van der Waals surface area contributed by atoms with Gasteiger partial charge in [0.05, 0.1) is 6.54 Å². The quantitative estimate of drug-likeness (QED) is 0.192. The van der Waals surface area contributed by atoms with E-state index < -0.39 is 36.1 Å². The number of aromatic hydroxyl groups is 1. The van der Waals surface area contributed by atoms with Crippen LogP contribution in [0.2, 0.25) is 5.82 Å². The van der Waals surface area contributed by atoms with Crippen LogP contribution in [0, 0.1) is 0 Å². The molecule has 2 amide bonds. The molecule has 1 heterocycles. The third-order valence-electron chi connectivity index (χ3n) is 5.98. The molecule has 12 nitrogen and oxygen atoms in total. The van der Waals surface area contributed by atoms with Gasteiger partial charge in [-0.1, -0.05) is 6.07 Å². The maximum atomic E-state index is 12.2. The molecule has 3 atom stereocenters. The highest BCUT2D eigenvalue weighted by atomic mass is 16.5. The fraction of sp³-hybridized carbons (Fsp3) is 0.550. The Hall–Kier alpha value is -2.87. The first-order valence-electron chi connectivity index (χ1n) is 10.6. The number of likely N-dealkylation sites (N-methyl/N-ethyl adjacent to an activating group) is 1. The van der Waals surface area contributed by atoms with Crippen LogP contribution in [0.15, 0.2) is 12.1 Å². The summed E-state index contributed by atoms with van der Waals surface area (Å²) in [6, 6.07) is 2.99. The normalized spacial score (nSPS) is 22.0. The maximum absolute atomic E-state index is 12.2. The van der Waals surface area contributed by atoms with Crippen LogP contribution in [0.1, 0.15) is 35.2 Å². The first-order chi connectivity index (χ1) is 15.4. The van der Waals surface area contributed by atoms with E-state index in [9.17, 15) is 34.6 Å². The molecule has 180 valence electrons. The molecular formula is C20H29BN4O8. The van der Waals surface area contributed by atoms with Gasteiger partial charge in [-0.2, -0.15) is 0 Å². The second kappa shape index (κ2) is 9.55. The molecule has 0 aromatic heterocycles. The third kappa shape index (κ3) is 5.56. The van der Waals surface area contributed by atoms with Crippen molar-refractivity contribution in [3.8, 4) is 11.5 Å². The second-order valence-corrected chi connectivity index (χ2v) is 8.81. The first kappa shape index (κ1) is 24.8. The average molecular weight is 464 g/mol. The molecule has 1 aromatic rings. The first-order valence-corrected chi connectivity index (χ1v) is 10.6. The number of hydrogen-bond acceptors (Lipinski definition) is 9. The summed E-state index contributed by atoms with van der Waals surface area (Å²) in [5, 5.41) is 43.5. The monoisotopic (exact) mass is 464 g/mol. The Balaban J connectivity index is 1.58. The fourth-order valence-electron chi connectivity index (χ4n) is 3.99. The second-order valence-electron chi connectivity index (χ2n) is 8.81. The van der Waals surface area contributed by atoms with Crippen molar-refractivity contribution < 1.29 is 39.4 Å². The number of aromatic carboxylic acids is 1. The van der Waals surface area contributed by atoms with E-state index in [-0.39, 0.29) is 42.3 Å². The third-order valence-corrected chi connectivity index (χ3v) is 5.98. The molecule has 13 heteroatoms. The molecule has 8 N–H and O–H groups in total. The van der Waals surface area contributed by atoms with Gasteiger partial charge in [-0.3, -0.25) is 14.5 Å². The van der Waals surface area contributed by atoms with Gasteiger partial charge in [0.1, 0.15) is 28.7 Å². The molecule has 1 aliphatic carbocycles. The Bertz CT molecular complexity index is 935. The van der Waals surface area contributed by atoms with Crippen LogP contribution in [0.3, 0.4) is 0 Å². The number of nitrogens with zero attached hydrogens (tertiary/aromatic N) is 1. The summed E-state index contributed by atoms with van der Waals surface area (Å²) in [5.41, 5.74) is 4.81. The van der Waals surface area contributed by atoms with Gasteiger partial charge in [-0.15, -0.1) is 0 Å². The molecule has 0 radical (unpaired) electrons. The van der Waals surface area contributed by atoms with Crippen molar-refractivity contribution in [3.05, 3.63) is 23.3 Å². The number of benzene rings is 1. The van der Waals surface area contributed by atoms with Crippen LogP contribution in [0.5, 0.6) is 11.5 Å². The van der Waals surface area contributed by atoms with E-state index in [1.54, 1.807) is 6.92 Å². The highest BCUT2D eigenvalue weighted by Crippen LogP contribution is 2.56. The zero-order valence-corrected chi connectivity index (χ0v) is 18.4. The van der Waals surface area contributed by atoms with Gasteiger partial charge in [-0.05, 0) is 30.9 Å². The number of carboxylic acids is 1. The van der Waals surface area contributed by atoms with E-state index in [1.165, 1.54) is 19.2 Å². The van der Waals surface area contributed by atoms with Crippen LogP contribution < -0.4 is 21.1 Å². The minimum absolute atomic E-state index is 0.00831. The topological polar surface area (TPSA) is 195 Å². The largest absolute Gasteiger partial charge is 0.507 e. The van der Waals surface area contributed by atoms with Crippen LogP contribution in [0.4, 0.5) is 0 Å². The number of carboxylic acid groups (broad SMARTS) is 1. The van der Waals surface area contributed by atoms with Crippen molar-refractivity contribution in [2.24, 2.45) is 5.73 Å². The van der Waals surface area contributed by atoms with E-state index in [0.29, 0.717) is 25.1 Å². The lowest BCUT2D eigenvalue weighted by Crippen LogP contribution is -2.64. The predicted octanol–water partition coefficient (Wildman–Crippen LogP) is -1.94. The Morgan fingerprint density at radius 1 is 1.30 bits per heavy atom. The Morgan fingerprint density at radius 2 is 1.97 bits per heavy atom. The summed E-state index contributed by atoms with van der Waals surface area (Å²) in [4.78, 5) is 37.1. The van der Waals surface area contributed by atoms with E-state index in [2.05, 4.69) is 10.6 Å². The SMILES string of the molecule is CNC(=O)CNC(=O)[C@@](C)(N)CN1CC(Oc2ccc([C@H]3C[C@H]3B(O)O)c(O)c2C(=O)O)C1. The summed E-state index contributed by atoms with van der Waals surface area (Å²) >= 11 is 0. The number of phenols is 1. The molecule has 33 heavy (non-hydrogen) atoms.